The van der Waals surface area contributed by atoms with Gasteiger partial charge in [0.05, 0.1) is 5.41 Å². The van der Waals surface area contributed by atoms with Crippen molar-refractivity contribution >= 4 is 17.3 Å². The molecule has 5 nitrogen and oxygen atoms in total. The Balaban J connectivity index is 1.97. The summed E-state index contributed by atoms with van der Waals surface area (Å²) in [5, 5.41) is 3.51. The van der Waals surface area contributed by atoms with Crippen LogP contribution in [0.4, 0.5) is 10.1 Å². The molecule has 0 amide bonds. The highest BCUT2D eigenvalue weighted by Gasteiger charge is 2.56. The third-order valence-corrected chi connectivity index (χ3v) is 4.03. The van der Waals surface area contributed by atoms with Crippen molar-refractivity contribution in [1.82, 2.24) is 0 Å². The molecule has 0 bridgehead atoms. The molecule has 114 valence electrons. The molecule has 6 heteroatoms. The van der Waals surface area contributed by atoms with Crippen molar-refractivity contribution in [3.8, 4) is 0 Å². The van der Waals surface area contributed by atoms with E-state index in [-0.39, 0.29) is 22.8 Å². The van der Waals surface area contributed by atoms with Crippen LogP contribution >= 0.6 is 0 Å². The molecule has 0 aromatic heterocycles. The van der Waals surface area contributed by atoms with E-state index in [2.05, 4.69) is 10.0 Å². The molecule has 0 atom stereocenters. The van der Waals surface area contributed by atoms with Crippen molar-refractivity contribution in [2.45, 2.75) is 12.8 Å². The summed E-state index contributed by atoms with van der Waals surface area (Å²) in [5.74, 6) is -1.11. The molecule has 1 fully saturated rings. The Morgan fingerprint density at radius 1 is 1.04 bits per heavy atom. The zero-order chi connectivity index (χ0) is 16.4. The fourth-order valence-corrected chi connectivity index (χ4v) is 2.62. The Morgan fingerprint density at radius 2 is 1.70 bits per heavy atom. The number of hydrogen-bond donors (Lipinski definition) is 0. The van der Waals surface area contributed by atoms with Crippen molar-refractivity contribution in [2.24, 2.45) is 10.5 Å². The Bertz CT molecular complexity index is 835. The molecule has 0 heterocycles. The highest BCUT2D eigenvalue weighted by Crippen LogP contribution is 2.51. The minimum Gasteiger partial charge on any atom is -0.293 e. The van der Waals surface area contributed by atoms with Crippen LogP contribution in [-0.4, -0.2) is 11.6 Å². The van der Waals surface area contributed by atoms with E-state index in [0.29, 0.717) is 18.4 Å². The second kappa shape index (κ2) is 5.66. The van der Waals surface area contributed by atoms with E-state index >= 15 is 0 Å². The average molecular weight is 309 g/mol. The van der Waals surface area contributed by atoms with Gasteiger partial charge in [-0.3, -0.25) is 9.59 Å². The Hall–Kier alpha value is -2.98. The first-order valence-corrected chi connectivity index (χ1v) is 7.08. The first kappa shape index (κ1) is 14.9. The minimum atomic E-state index is -1.13. The predicted molar refractivity (Wildman–Crippen MR) is 82.0 cm³/mol. The topological polar surface area (TPSA) is 82.9 Å². The summed E-state index contributed by atoms with van der Waals surface area (Å²) < 4.78 is 13.0. The van der Waals surface area contributed by atoms with Crippen molar-refractivity contribution < 1.29 is 14.0 Å². The van der Waals surface area contributed by atoms with Gasteiger partial charge in [-0.05, 0) is 42.6 Å². The van der Waals surface area contributed by atoms with Crippen LogP contribution in [-0.2, 0) is 0 Å². The van der Waals surface area contributed by atoms with Gasteiger partial charge in [0, 0.05) is 21.7 Å². The Kier molecular flexibility index (Phi) is 3.68. The molecule has 0 spiro atoms. The normalized spacial score (nSPS) is 14.7. The molecule has 2 aromatic carbocycles. The zero-order valence-corrected chi connectivity index (χ0v) is 12.1. The van der Waals surface area contributed by atoms with E-state index in [1.807, 2.05) is 0 Å². The number of halogens is 1. The molecule has 2 aromatic rings. The lowest BCUT2D eigenvalue weighted by molar-refractivity contribution is 0.0783. The monoisotopic (exact) mass is 309 g/mol. The van der Waals surface area contributed by atoms with Crippen LogP contribution in [0, 0.1) is 11.2 Å². The molecular formula is C17H12FN3O2. The summed E-state index contributed by atoms with van der Waals surface area (Å²) >= 11 is 0. The second-order valence-electron chi connectivity index (χ2n) is 5.45. The second-order valence-corrected chi connectivity index (χ2v) is 5.45. The van der Waals surface area contributed by atoms with E-state index < -0.39 is 11.2 Å². The fourth-order valence-electron chi connectivity index (χ4n) is 2.62. The summed E-state index contributed by atoms with van der Waals surface area (Å²) in [6.45, 7) is 0. The number of carbonyl (C=O) groups is 2. The van der Waals surface area contributed by atoms with Crippen molar-refractivity contribution in [1.29, 1.82) is 0 Å². The summed E-state index contributed by atoms with van der Waals surface area (Å²) in [7, 11) is 0. The number of Topliss-reactive ketones (excluding diaryl/α,β-unsaturated/α-hetero) is 2. The molecule has 0 aliphatic heterocycles. The number of hydrogen-bond acceptors (Lipinski definition) is 3. The summed E-state index contributed by atoms with van der Waals surface area (Å²) in [6.07, 6.45) is 0.874. The van der Waals surface area contributed by atoms with Crippen LogP contribution in [0.25, 0.3) is 10.4 Å². The molecule has 0 radical (unpaired) electrons. The van der Waals surface area contributed by atoms with Crippen molar-refractivity contribution in [3.05, 3.63) is 75.9 Å². The molecule has 1 aliphatic carbocycles. The quantitative estimate of drug-likeness (QED) is 0.265. The van der Waals surface area contributed by atoms with E-state index in [1.165, 1.54) is 30.3 Å². The lowest BCUT2D eigenvalue weighted by Crippen LogP contribution is -2.26. The fraction of sp³-hybridized carbons (Fsp3) is 0.176. The van der Waals surface area contributed by atoms with Crippen LogP contribution < -0.4 is 0 Å². The molecule has 3 rings (SSSR count). The molecule has 0 unspecified atom stereocenters. The van der Waals surface area contributed by atoms with Crippen LogP contribution in [0.3, 0.4) is 0 Å². The average Bonchev–Trinajstić information content (AvgIpc) is 3.37. The molecule has 0 saturated heterocycles. The molecule has 23 heavy (non-hydrogen) atoms. The van der Waals surface area contributed by atoms with E-state index in [1.54, 1.807) is 18.2 Å². The smallest absolute Gasteiger partial charge is 0.177 e. The minimum absolute atomic E-state index is 0.207. The highest BCUT2D eigenvalue weighted by atomic mass is 19.1. The van der Waals surface area contributed by atoms with Gasteiger partial charge in [0.1, 0.15) is 5.82 Å². The van der Waals surface area contributed by atoms with Gasteiger partial charge in [-0.15, -0.1) is 0 Å². The lowest BCUT2D eigenvalue weighted by atomic mass is 9.86. The third-order valence-electron chi connectivity index (χ3n) is 4.03. The maximum Gasteiger partial charge on any atom is 0.177 e. The summed E-state index contributed by atoms with van der Waals surface area (Å²) in [6, 6.07) is 11.5. The number of azide groups is 1. The van der Waals surface area contributed by atoms with Crippen LogP contribution in [0.1, 0.15) is 33.6 Å². The first-order chi connectivity index (χ1) is 11.1. The van der Waals surface area contributed by atoms with E-state index in [4.69, 9.17) is 5.53 Å². The van der Waals surface area contributed by atoms with Gasteiger partial charge in [0.15, 0.2) is 11.6 Å². The van der Waals surface area contributed by atoms with Gasteiger partial charge in [0.25, 0.3) is 0 Å². The summed E-state index contributed by atoms with van der Waals surface area (Å²) in [5.41, 5.74) is 8.22. The maximum atomic E-state index is 13.0. The van der Waals surface area contributed by atoms with Crippen molar-refractivity contribution in [3.63, 3.8) is 0 Å². The van der Waals surface area contributed by atoms with E-state index in [0.717, 1.165) is 0 Å². The standard InChI is InChI=1S/C17H12FN3O2/c18-12-7-5-11(6-8-12)15(22)17(9-10-17)16(23)13-3-1-2-4-14(13)20-21-19/h1-8H,9-10H2. The lowest BCUT2D eigenvalue weighted by Gasteiger charge is -2.14. The van der Waals surface area contributed by atoms with Crippen LogP contribution in [0.2, 0.25) is 0 Å². The van der Waals surface area contributed by atoms with Gasteiger partial charge in [-0.1, -0.05) is 29.4 Å². The predicted octanol–water partition coefficient (Wildman–Crippen LogP) is 4.61. The molecule has 0 N–H and O–H groups in total. The van der Waals surface area contributed by atoms with E-state index in [9.17, 15) is 14.0 Å². The van der Waals surface area contributed by atoms with Gasteiger partial charge in [0.2, 0.25) is 0 Å². The highest BCUT2D eigenvalue weighted by molar-refractivity contribution is 6.23. The number of ketones is 2. The third kappa shape index (κ3) is 2.60. The zero-order valence-electron chi connectivity index (χ0n) is 12.1. The Morgan fingerprint density at radius 3 is 2.30 bits per heavy atom. The van der Waals surface area contributed by atoms with Gasteiger partial charge >= 0.3 is 0 Å². The molecular weight excluding hydrogens is 297 g/mol. The molecule has 1 saturated carbocycles. The SMILES string of the molecule is [N-]=[N+]=Nc1ccccc1C(=O)C1(C(=O)c2ccc(F)cc2)CC1. The number of benzene rings is 2. The molecule has 1 aliphatic rings. The largest absolute Gasteiger partial charge is 0.293 e. The number of nitrogens with zero attached hydrogens (tertiary/aromatic N) is 3. The van der Waals surface area contributed by atoms with Gasteiger partial charge in [-0.2, -0.15) is 0 Å². The Labute approximate surface area is 131 Å². The van der Waals surface area contributed by atoms with Crippen LogP contribution in [0.15, 0.2) is 53.6 Å². The number of rotatable bonds is 5. The van der Waals surface area contributed by atoms with Gasteiger partial charge in [-0.25, -0.2) is 4.39 Å². The van der Waals surface area contributed by atoms with Crippen LogP contribution in [0.5, 0.6) is 0 Å². The van der Waals surface area contributed by atoms with Crippen molar-refractivity contribution in [2.75, 3.05) is 0 Å². The first-order valence-electron chi connectivity index (χ1n) is 7.08. The number of carbonyl (C=O) groups excluding carboxylic acids is 2. The van der Waals surface area contributed by atoms with Gasteiger partial charge < -0.3 is 0 Å². The summed E-state index contributed by atoms with van der Waals surface area (Å²) in [4.78, 5) is 28.2. The maximum absolute atomic E-state index is 13.0.